The number of aliphatic hydroxyl groups is 1. The van der Waals surface area contributed by atoms with Gasteiger partial charge in [-0.05, 0) is 31.0 Å². The summed E-state index contributed by atoms with van der Waals surface area (Å²) in [5, 5.41) is 8.05. The van der Waals surface area contributed by atoms with Crippen LogP contribution in [0.25, 0.3) is 0 Å². The normalized spacial score (nSPS) is 13.0. The first-order valence-electron chi connectivity index (χ1n) is 6.24. The van der Waals surface area contributed by atoms with Gasteiger partial charge >= 0.3 is 0 Å². The standard InChI is InChI=1S/C13H21NO5S/c1-10(9-15)20(16,17)14-7-6-11-4-5-12(18-2)13(8-11)19-3/h4-5,8,10,14-15H,6-7,9H2,1-3H3. The predicted molar refractivity (Wildman–Crippen MR) is 76.7 cm³/mol. The molecule has 1 aromatic rings. The van der Waals surface area contributed by atoms with Crippen molar-refractivity contribution < 1.29 is 23.0 Å². The zero-order valence-electron chi connectivity index (χ0n) is 11.9. The van der Waals surface area contributed by atoms with Gasteiger partial charge in [-0.1, -0.05) is 6.07 Å². The fourth-order valence-corrected chi connectivity index (χ4v) is 2.48. The quantitative estimate of drug-likeness (QED) is 0.732. The van der Waals surface area contributed by atoms with Crippen molar-refractivity contribution in [1.82, 2.24) is 4.72 Å². The van der Waals surface area contributed by atoms with Crippen LogP contribution in [0.2, 0.25) is 0 Å². The molecule has 0 spiro atoms. The van der Waals surface area contributed by atoms with Gasteiger partial charge in [0.25, 0.3) is 0 Å². The number of rotatable bonds is 8. The summed E-state index contributed by atoms with van der Waals surface area (Å²) in [7, 11) is -0.359. The molecular weight excluding hydrogens is 282 g/mol. The SMILES string of the molecule is COc1ccc(CCNS(=O)(=O)C(C)CO)cc1OC. The third-order valence-electron chi connectivity index (χ3n) is 2.95. The molecule has 114 valence electrons. The van der Waals surface area contributed by atoms with Crippen LogP contribution in [0.3, 0.4) is 0 Å². The fourth-order valence-electron chi connectivity index (χ4n) is 1.61. The van der Waals surface area contributed by atoms with E-state index in [9.17, 15) is 8.42 Å². The van der Waals surface area contributed by atoms with Gasteiger partial charge in [-0.15, -0.1) is 0 Å². The van der Waals surface area contributed by atoms with Crippen LogP contribution in [0.1, 0.15) is 12.5 Å². The number of aliphatic hydroxyl groups excluding tert-OH is 1. The van der Waals surface area contributed by atoms with E-state index < -0.39 is 21.9 Å². The van der Waals surface area contributed by atoms with E-state index in [0.29, 0.717) is 17.9 Å². The number of hydrogen-bond donors (Lipinski definition) is 2. The van der Waals surface area contributed by atoms with Crippen LogP contribution in [-0.4, -0.2) is 46.1 Å². The van der Waals surface area contributed by atoms with Crippen LogP contribution in [0, 0.1) is 0 Å². The largest absolute Gasteiger partial charge is 0.493 e. The Morgan fingerprint density at radius 2 is 1.90 bits per heavy atom. The molecule has 6 nitrogen and oxygen atoms in total. The van der Waals surface area contributed by atoms with Gasteiger partial charge < -0.3 is 14.6 Å². The Balaban J connectivity index is 2.63. The van der Waals surface area contributed by atoms with Gasteiger partial charge in [-0.3, -0.25) is 0 Å². The van der Waals surface area contributed by atoms with Crippen LogP contribution in [0.4, 0.5) is 0 Å². The van der Waals surface area contributed by atoms with Crippen LogP contribution >= 0.6 is 0 Å². The minimum absolute atomic E-state index is 0.266. The number of nitrogens with one attached hydrogen (secondary N) is 1. The molecule has 0 saturated heterocycles. The van der Waals surface area contributed by atoms with Crippen molar-refractivity contribution in [3.63, 3.8) is 0 Å². The van der Waals surface area contributed by atoms with Crippen molar-refractivity contribution in [3.8, 4) is 11.5 Å². The van der Waals surface area contributed by atoms with Gasteiger partial charge in [-0.2, -0.15) is 0 Å². The average molecular weight is 303 g/mol. The highest BCUT2D eigenvalue weighted by atomic mass is 32.2. The second kappa shape index (κ2) is 7.47. The van der Waals surface area contributed by atoms with Gasteiger partial charge in [0, 0.05) is 6.54 Å². The van der Waals surface area contributed by atoms with E-state index in [2.05, 4.69) is 4.72 Å². The lowest BCUT2D eigenvalue weighted by atomic mass is 10.1. The molecule has 0 bridgehead atoms. The summed E-state index contributed by atoms with van der Waals surface area (Å²) >= 11 is 0. The molecule has 0 amide bonds. The van der Waals surface area contributed by atoms with Crippen molar-refractivity contribution in [2.24, 2.45) is 0 Å². The fraction of sp³-hybridized carbons (Fsp3) is 0.538. The molecule has 20 heavy (non-hydrogen) atoms. The Hall–Kier alpha value is -1.31. The third-order valence-corrected chi connectivity index (χ3v) is 4.77. The molecule has 0 fully saturated rings. The zero-order chi connectivity index (χ0) is 15.2. The van der Waals surface area contributed by atoms with Crippen LogP contribution < -0.4 is 14.2 Å². The summed E-state index contributed by atoms with van der Waals surface area (Å²) in [6.07, 6.45) is 0.526. The molecule has 7 heteroatoms. The molecule has 1 unspecified atom stereocenters. The Bertz CT molecular complexity index is 530. The maximum absolute atomic E-state index is 11.7. The van der Waals surface area contributed by atoms with Crippen LogP contribution in [0.15, 0.2) is 18.2 Å². The van der Waals surface area contributed by atoms with E-state index in [1.807, 2.05) is 12.1 Å². The van der Waals surface area contributed by atoms with E-state index in [0.717, 1.165) is 5.56 Å². The third kappa shape index (κ3) is 4.36. The second-order valence-corrected chi connectivity index (χ2v) is 6.56. The molecule has 0 radical (unpaired) electrons. The molecule has 0 saturated carbocycles. The lowest BCUT2D eigenvalue weighted by Gasteiger charge is -2.12. The predicted octanol–water partition coefficient (Wildman–Crippen LogP) is 0.547. The minimum atomic E-state index is -3.46. The number of methoxy groups -OCH3 is 2. The zero-order valence-corrected chi connectivity index (χ0v) is 12.7. The highest BCUT2D eigenvalue weighted by molar-refractivity contribution is 7.90. The van der Waals surface area contributed by atoms with Crippen LogP contribution in [0.5, 0.6) is 11.5 Å². The van der Waals surface area contributed by atoms with Crippen molar-refractivity contribution in [3.05, 3.63) is 23.8 Å². The molecule has 0 aliphatic carbocycles. The van der Waals surface area contributed by atoms with Crippen molar-refractivity contribution in [2.75, 3.05) is 27.4 Å². The highest BCUT2D eigenvalue weighted by Crippen LogP contribution is 2.27. The van der Waals surface area contributed by atoms with Crippen LogP contribution in [-0.2, 0) is 16.4 Å². The molecule has 0 aliphatic heterocycles. The van der Waals surface area contributed by atoms with E-state index in [1.54, 1.807) is 20.3 Å². The van der Waals surface area contributed by atoms with Crippen molar-refractivity contribution >= 4 is 10.0 Å². The Kier molecular flexibility index (Phi) is 6.25. The first-order valence-corrected chi connectivity index (χ1v) is 7.79. The monoisotopic (exact) mass is 303 g/mol. The number of ether oxygens (including phenoxy) is 2. The molecule has 1 aromatic carbocycles. The summed E-state index contributed by atoms with van der Waals surface area (Å²) in [6.45, 7) is 1.33. The molecule has 0 aliphatic rings. The smallest absolute Gasteiger partial charge is 0.216 e. The first-order chi connectivity index (χ1) is 9.44. The second-order valence-electron chi connectivity index (χ2n) is 4.37. The Morgan fingerprint density at radius 1 is 1.25 bits per heavy atom. The summed E-state index contributed by atoms with van der Waals surface area (Å²) in [5.41, 5.74) is 0.932. The van der Waals surface area contributed by atoms with Gasteiger partial charge in [-0.25, -0.2) is 13.1 Å². The van der Waals surface area contributed by atoms with E-state index in [-0.39, 0.29) is 6.54 Å². The summed E-state index contributed by atoms with van der Waals surface area (Å²) < 4.78 is 36.1. The summed E-state index contributed by atoms with van der Waals surface area (Å²) in [5.74, 6) is 1.24. The van der Waals surface area contributed by atoms with E-state index in [1.165, 1.54) is 6.92 Å². The maximum atomic E-state index is 11.7. The van der Waals surface area contributed by atoms with Gasteiger partial charge in [0.1, 0.15) is 0 Å². The lowest BCUT2D eigenvalue weighted by molar-refractivity contribution is 0.295. The van der Waals surface area contributed by atoms with Gasteiger partial charge in [0.05, 0.1) is 26.1 Å². The number of hydrogen-bond acceptors (Lipinski definition) is 5. The molecular formula is C13H21NO5S. The molecule has 1 rings (SSSR count). The van der Waals surface area contributed by atoms with Crippen molar-refractivity contribution in [1.29, 1.82) is 0 Å². The highest BCUT2D eigenvalue weighted by Gasteiger charge is 2.18. The van der Waals surface area contributed by atoms with E-state index in [4.69, 9.17) is 14.6 Å². The summed E-state index contributed by atoms with van der Waals surface area (Å²) in [4.78, 5) is 0. The maximum Gasteiger partial charge on any atom is 0.216 e. The molecule has 1 atom stereocenters. The van der Waals surface area contributed by atoms with Gasteiger partial charge in [0.15, 0.2) is 11.5 Å². The minimum Gasteiger partial charge on any atom is -0.493 e. The Morgan fingerprint density at radius 3 is 2.45 bits per heavy atom. The molecule has 2 N–H and O–H groups in total. The average Bonchev–Trinajstić information content (AvgIpc) is 2.45. The van der Waals surface area contributed by atoms with Gasteiger partial charge in [0.2, 0.25) is 10.0 Å². The Labute approximate surface area is 119 Å². The molecule has 0 aromatic heterocycles. The first kappa shape index (κ1) is 16.7. The number of sulfonamides is 1. The van der Waals surface area contributed by atoms with Crippen molar-refractivity contribution in [2.45, 2.75) is 18.6 Å². The summed E-state index contributed by atoms with van der Waals surface area (Å²) in [6, 6.07) is 5.44. The topological polar surface area (TPSA) is 84.9 Å². The molecule has 0 heterocycles. The van der Waals surface area contributed by atoms with E-state index >= 15 is 0 Å². The number of benzene rings is 1. The lowest BCUT2D eigenvalue weighted by Crippen LogP contribution is -2.35.